The molecule has 1 saturated heterocycles. The summed E-state index contributed by atoms with van der Waals surface area (Å²) in [7, 11) is 0. The highest BCUT2D eigenvalue weighted by atomic mass is 16.5. The van der Waals surface area contributed by atoms with Crippen molar-refractivity contribution < 1.29 is 9.15 Å². The zero-order valence-electron chi connectivity index (χ0n) is 15.9. The Morgan fingerprint density at radius 1 is 1.15 bits per heavy atom. The zero-order valence-corrected chi connectivity index (χ0v) is 15.9. The Bertz CT molecular complexity index is 936. The summed E-state index contributed by atoms with van der Waals surface area (Å²) in [6.45, 7) is 2.47. The molecule has 3 nitrogen and oxygen atoms in total. The van der Waals surface area contributed by atoms with Crippen molar-refractivity contribution in [2.24, 2.45) is 11.3 Å². The Kier molecular flexibility index (Phi) is 3.33. The predicted octanol–water partition coefficient (Wildman–Crippen LogP) is 5.05. The topological polar surface area (TPSA) is 39.4 Å². The fraction of sp³-hybridized carbons (Fsp3) is 0.542. The van der Waals surface area contributed by atoms with Crippen molar-refractivity contribution >= 4 is 0 Å². The summed E-state index contributed by atoms with van der Waals surface area (Å²) in [5.41, 5.74) is 7.60. The van der Waals surface area contributed by atoms with E-state index in [1.807, 2.05) is 6.07 Å². The second-order valence-electron chi connectivity index (χ2n) is 9.38. The summed E-state index contributed by atoms with van der Waals surface area (Å²) in [6.07, 6.45) is 15.8. The van der Waals surface area contributed by atoms with Crippen LogP contribution < -0.4 is 5.63 Å². The summed E-state index contributed by atoms with van der Waals surface area (Å²) in [5, 5.41) is 0. The van der Waals surface area contributed by atoms with Crippen LogP contribution in [0.5, 0.6) is 0 Å². The van der Waals surface area contributed by atoms with E-state index in [2.05, 4.69) is 19.1 Å². The Balaban J connectivity index is 1.35. The third-order valence-corrected chi connectivity index (χ3v) is 8.16. The van der Waals surface area contributed by atoms with Crippen LogP contribution in [-0.2, 0) is 4.74 Å². The standard InChI is InChI=1S/C24H26O3/c1-24-9-8-15-11-19-14(10-17-12-22(19)27-17)2-4-18(15)21(24)6-5-20(24)16-3-7-23(25)26-13-16/h2-4,7,13,17,20-22H,5-6,8-12H2,1H3/t17-,20+,21+,22-,24+/m0/s1. The highest BCUT2D eigenvalue weighted by Gasteiger charge is 2.51. The molecule has 2 aliphatic heterocycles. The molecule has 3 heterocycles. The largest absolute Gasteiger partial charge is 0.431 e. The monoisotopic (exact) mass is 362 g/mol. The van der Waals surface area contributed by atoms with E-state index in [9.17, 15) is 4.79 Å². The Morgan fingerprint density at radius 2 is 2.00 bits per heavy atom. The number of rotatable bonds is 1. The Labute approximate surface area is 159 Å². The van der Waals surface area contributed by atoms with Gasteiger partial charge in [-0.3, -0.25) is 0 Å². The lowest BCUT2D eigenvalue weighted by molar-refractivity contribution is -0.113. The molecule has 1 aromatic heterocycles. The highest BCUT2D eigenvalue weighted by Crippen LogP contribution is 2.62. The predicted molar refractivity (Wildman–Crippen MR) is 103 cm³/mol. The van der Waals surface area contributed by atoms with Gasteiger partial charge < -0.3 is 9.15 Å². The van der Waals surface area contributed by atoms with Gasteiger partial charge in [-0.1, -0.05) is 24.6 Å². The summed E-state index contributed by atoms with van der Waals surface area (Å²) >= 11 is 0. The Morgan fingerprint density at radius 3 is 2.81 bits per heavy atom. The number of fused-ring (bicyclic) bond motifs is 2. The molecule has 0 amide bonds. The molecule has 2 bridgehead atoms. The maximum atomic E-state index is 11.4. The molecule has 140 valence electrons. The van der Waals surface area contributed by atoms with Gasteiger partial charge in [-0.2, -0.15) is 0 Å². The number of ether oxygens (including phenoxy) is 1. The van der Waals surface area contributed by atoms with Crippen LogP contribution in [0.4, 0.5) is 0 Å². The average Bonchev–Trinajstić information content (AvgIpc) is 2.87. The first-order valence-electron chi connectivity index (χ1n) is 10.5. The molecule has 0 spiro atoms. The maximum Gasteiger partial charge on any atom is 0.335 e. The molecule has 0 aromatic carbocycles. The van der Waals surface area contributed by atoms with Crippen molar-refractivity contribution in [3.8, 4) is 0 Å². The minimum Gasteiger partial charge on any atom is -0.431 e. The fourth-order valence-corrected chi connectivity index (χ4v) is 6.67. The molecule has 6 aliphatic rings. The first kappa shape index (κ1) is 16.1. The van der Waals surface area contributed by atoms with E-state index < -0.39 is 0 Å². The van der Waals surface area contributed by atoms with Crippen molar-refractivity contribution in [3.05, 3.63) is 68.8 Å². The average molecular weight is 362 g/mol. The van der Waals surface area contributed by atoms with Gasteiger partial charge in [0.1, 0.15) is 0 Å². The molecular formula is C24H26O3. The third kappa shape index (κ3) is 2.27. The van der Waals surface area contributed by atoms with Gasteiger partial charge in [0.15, 0.2) is 0 Å². The van der Waals surface area contributed by atoms with Crippen LogP contribution >= 0.6 is 0 Å². The van der Waals surface area contributed by atoms with Crippen LogP contribution in [0, 0.1) is 11.3 Å². The molecule has 0 N–H and O–H groups in total. The molecule has 2 fully saturated rings. The molecule has 1 aromatic rings. The summed E-state index contributed by atoms with van der Waals surface area (Å²) in [6, 6.07) is 3.57. The van der Waals surface area contributed by atoms with Crippen LogP contribution in [0.25, 0.3) is 0 Å². The number of hydrogen-bond acceptors (Lipinski definition) is 3. The van der Waals surface area contributed by atoms with Gasteiger partial charge in [0.2, 0.25) is 0 Å². The number of hydrogen-bond donors (Lipinski definition) is 0. The summed E-state index contributed by atoms with van der Waals surface area (Å²) in [4.78, 5) is 11.4. The molecule has 5 atom stereocenters. The van der Waals surface area contributed by atoms with Crippen LogP contribution in [0.2, 0.25) is 0 Å². The molecule has 27 heavy (non-hydrogen) atoms. The van der Waals surface area contributed by atoms with Crippen molar-refractivity contribution in [1.82, 2.24) is 0 Å². The highest BCUT2D eigenvalue weighted by molar-refractivity contribution is 5.48. The molecule has 3 heteroatoms. The zero-order chi connectivity index (χ0) is 18.2. The van der Waals surface area contributed by atoms with E-state index in [1.165, 1.54) is 37.7 Å². The van der Waals surface area contributed by atoms with Crippen molar-refractivity contribution in [2.45, 2.75) is 70.0 Å². The summed E-state index contributed by atoms with van der Waals surface area (Å²) in [5.74, 6) is 1.10. The van der Waals surface area contributed by atoms with Gasteiger partial charge >= 0.3 is 5.63 Å². The van der Waals surface area contributed by atoms with E-state index in [-0.39, 0.29) is 11.0 Å². The van der Waals surface area contributed by atoms with E-state index in [1.54, 1.807) is 34.6 Å². The molecular weight excluding hydrogens is 336 g/mol. The second-order valence-corrected chi connectivity index (χ2v) is 9.38. The lowest BCUT2D eigenvalue weighted by Gasteiger charge is -2.45. The number of allylic oxidation sites excluding steroid dienone is 4. The normalized spacial score (nSPS) is 39.4. The van der Waals surface area contributed by atoms with Gasteiger partial charge in [-0.25, -0.2) is 4.79 Å². The summed E-state index contributed by atoms with van der Waals surface area (Å²) < 4.78 is 11.2. The lowest BCUT2D eigenvalue weighted by Crippen LogP contribution is -2.43. The maximum absolute atomic E-state index is 11.4. The van der Waals surface area contributed by atoms with Crippen molar-refractivity contribution in [3.63, 3.8) is 0 Å². The van der Waals surface area contributed by atoms with Crippen LogP contribution in [0.15, 0.2) is 62.1 Å². The minimum atomic E-state index is -0.254. The van der Waals surface area contributed by atoms with E-state index in [4.69, 9.17) is 9.15 Å². The van der Waals surface area contributed by atoms with E-state index in [0.717, 1.165) is 12.8 Å². The third-order valence-electron chi connectivity index (χ3n) is 8.16. The van der Waals surface area contributed by atoms with Gasteiger partial charge in [0.25, 0.3) is 0 Å². The van der Waals surface area contributed by atoms with Gasteiger partial charge in [0.05, 0.1) is 18.5 Å². The van der Waals surface area contributed by atoms with Gasteiger partial charge in [-0.05, 0) is 84.1 Å². The molecule has 1 saturated carbocycles. The minimum absolute atomic E-state index is 0.254. The lowest BCUT2D eigenvalue weighted by atomic mass is 9.62. The Hall–Kier alpha value is -1.87. The fourth-order valence-electron chi connectivity index (χ4n) is 6.67. The van der Waals surface area contributed by atoms with E-state index in [0.29, 0.717) is 24.0 Å². The first-order chi connectivity index (χ1) is 13.1. The molecule has 4 aliphatic carbocycles. The van der Waals surface area contributed by atoms with Crippen molar-refractivity contribution in [1.29, 1.82) is 0 Å². The van der Waals surface area contributed by atoms with E-state index >= 15 is 0 Å². The SMILES string of the molecule is C[C@]12CCC3=C(C=CC4=C(C3)[C@@H]3C[C@H](C4)O3)[C@H]1CC[C@@H]2c1ccc(=O)oc1. The van der Waals surface area contributed by atoms with Gasteiger partial charge in [-0.15, -0.1) is 0 Å². The smallest absolute Gasteiger partial charge is 0.335 e. The van der Waals surface area contributed by atoms with Gasteiger partial charge in [0, 0.05) is 12.5 Å². The van der Waals surface area contributed by atoms with Crippen LogP contribution in [-0.4, -0.2) is 12.2 Å². The first-order valence-corrected chi connectivity index (χ1v) is 10.5. The molecule has 7 rings (SSSR count). The van der Waals surface area contributed by atoms with Crippen molar-refractivity contribution in [2.75, 3.05) is 0 Å². The second kappa shape index (κ2) is 5.57. The van der Waals surface area contributed by atoms with Crippen LogP contribution in [0.1, 0.15) is 63.4 Å². The quantitative estimate of drug-likeness (QED) is 0.702. The molecule has 0 unspecified atom stereocenters. The molecule has 0 radical (unpaired) electrons. The van der Waals surface area contributed by atoms with Crippen LogP contribution in [0.3, 0.4) is 0 Å².